The first-order valence-electron chi connectivity index (χ1n) is 4.93. The summed E-state index contributed by atoms with van der Waals surface area (Å²) >= 11 is 0. The highest BCUT2D eigenvalue weighted by molar-refractivity contribution is 5.87. The average Bonchev–Trinajstić information content (AvgIpc) is 2.17. The van der Waals surface area contributed by atoms with Crippen LogP contribution >= 0.6 is 0 Å². The molecule has 62 valence electrons. The molecule has 0 amide bonds. The lowest BCUT2D eigenvalue weighted by Crippen LogP contribution is -3.06. The van der Waals surface area contributed by atoms with Crippen LogP contribution in [0.2, 0.25) is 0 Å². The fourth-order valence-electron chi connectivity index (χ4n) is 6.02. The predicted molar refractivity (Wildman–Crippen MR) is 38.9 cm³/mol. The Morgan fingerprint density at radius 2 is 1.58 bits per heavy atom. The van der Waals surface area contributed by atoms with E-state index in [1.165, 1.54) is 0 Å². The van der Waals surface area contributed by atoms with Gasteiger partial charge in [-0.25, -0.2) is 0 Å². The molecular weight excluding hydrogens is 152 g/mol. The van der Waals surface area contributed by atoms with E-state index in [-0.39, 0.29) is 11.4 Å². The van der Waals surface area contributed by atoms with Crippen molar-refractivity contribution in [2.45, 2.75) is 0 Å². The first-order chi connectivity index (χ1) is 5.85. The molecule has 0 aromatic rings. The molecule has 0 aliphatic heterocycles. The number of carbonyl (C=O) groups is 1. The lowest BCUT2D eigenvalue weighted by atomic mass is 8.96. The van der Waals surface area contributed by atoms with E-state index in [1.54, 1.807) is 7.11 Å². The standard InChI is InChI=1S/C10H10O2/c1-12-9(11)10-6-3-2-4(6)8(10)5(2)7(3)10/h2-8H,1H3. The van der Waals surface area contributed by atoms with Gasteiger partial charge < -0.3 is 4.74 Å². The van der Waals surface area contributed by atoms with Gasteiger partial charge in [-0.2, -0.15) is 0 Å². The highest BCUT2D eigenvalue weighted by Crippen LogP contribution is 3.05. The molecule has 0 spiro atoms. The van der Waals surface area contributed by atoms with Crippen molar-refractivity contribution in [2.24, 2.45) is 46.8 Å². The van der Waals surface area contributed by atoms with Gasteiger partial charge in [0.05, 0.1) is 12.5 Å². The average molecular weight is 162 g/mol. The van der Waals surface area contributed by atoms with Crippen LogP contribution in [0.15, 0.2) is 0 Å². The third-order valence-electron chi connectivity index (χ3n) is 6.02. The van der Waals surface area contributed by atoms with Gasteiger partial charge in [0.15, 0.2) is 0 Å². The van der Waals surface area contributed by atoms with Crippen LogP contribution in [0.5, 0.6) is 0 Å². The molecule has 6 aliphatic rings. The van der Waals surface area contributed by atoms with Gasteiger partial charge in [-0.3, -0.25) is 4.79 Å². The minimum Gasteiger partial charge on any atom is -0.469 e. The number of methoxy groups -OCH3 is 1. The second kappa shape index (κ2) is 1.01. The first-order valence-corrected chi connectivity index (χ1v) is 4.93. The molecule has 0 bridgehead atoms. The highest BCUT2D eigenvalue weighted by Gasteiger charge is 3.06. The van der Waals surface area contributed by atoms with Gasteiger partial charge in [-0.1, -0.05) is 0 Å². The fraction of sp³-hybridized carbons (Fsp3) is 0.900. The lowest BCUT2D eigenvalue weighted by Gasteiger charge is -3.06. The maximum atomic E-state index is 11.6. The summed E-state index contributed by atoms with van der Waals surface area (Å²) in [5.74, 6) is 6.60. The van der Waals surface area contributed by atoms with Crippen LogP contribution in [0.4, 0.5) is 0 Å². The molecule has 2 nitrogen and oxygen atoms in total. The van der Waals surface area contributed by atoms with Gasteiger partial charge in [0.25, 0.3) is 0 Å². The van der Waals surface area contributed by atoms with Gasteiger partial charge in [0.1, 0.15) is 0 Å². The number of esters is 1. The molecule has 0 saturated heterocycles. The molecular formula is C10H10O2. The summed E-state index contributed by atoms with van der Waals surface area (Å²) in [7, 11) is 1.55. The number of ether oxygens (including phenoxy) is 1. The van der Waals surface area contributed by atoms with E-state index in [9.17, 15) is 4.79 Å². The molecule has 0 unspecified atom stereocenters. The molecule has 0 N–H and O–H groups in total. The van der Waals surface area contributed by atoms with Crippen molar-refractivity contribution >= 4 is 5.97 Å². The molecule has 0 radical (unpaired) electrons. The Kier molecular flexibility index (Phi) is 0.443. The van der Waals surface area contributed by atoms with E-state index in [0.29, 0.717) is 0 Å². The first kappa shape index (κ1) is 5.25. The Bertz CT molecular complexity index is 295. The van der Waals surface area contributed by atoms with Crippen molar-refractivity contribution in [1.82, 2.24) is 0 Å². The Morgan fingerprint density at radius 3 is 2.00 bits per heavy atom. The SMILES string of the molecule is COC(=O)C12C3C4C5C3C1C5C42. The summed E-state index contributed by atoms with van der Waals surface area (Å²) in [6.07, 6.45) is 0. The molecule has 0 heterocycles. The summed E-state index contributed by atoms with van der Waals surface area (Å²) in [5.41, 5.74) is 0.115. The maximum absolute atomic E-state index is 11.6. The summed E-state index contributed by atoms with van der Waals surface area (Å²) in [6, 6.07) is 0. The third kappa shape index (κ3) is 0.180. The molecule has 6 fully saturated rings. The zero-order chi connectivity index (χ0) is 7.83. The Labute approximate surface area is 70.3 Å². The van der Waals surface area contributed by atoms with Crippen molar-refractivity contribution in [1.29, 1.82) is 0 Å². The minimum atomic E-state index is 0.115. The van der Waals surface area contributed by atoms with Gasteiger partial charge in [-0.15, -0.1) is 0 Å². The number of hydrogen-bond acceptors (Lipinski definition) is 2. The number of hydrogen-bond donors (Lipinski definition) is 0. The quantitative estimate of drug-likeness (QED) is 0.526. The largest absolute Gasteiger partial charge is 0.469 e. The topological polar surface area (TPSA) is 26.3 Å². The van der Waals surface area contributed by atoms with Crippen LogP contribution in [0.25, 0.3) is 0 Å². The van der Waals surface area contributed by atoms with Gasteiger partial charge in [-0.05, 0) is 41.4 Å². The molecule has 0 aromatic heterocycles. The summed E-state index contributed by atoms with van der Waals surface area (Å²) in [5, 5.41) is 0. The van der Waals surface area contributed by atoms with Gasteiger partial charge in [0.2, 0.25) is 0 Å². The van der Waals surface area contributed by atoms with Gasteiger partial charge in [0, 0.05) is 0 Å². The van der Waals surface area contributed by atoms with E-state index in [1.807, 2.05) is 0 Å². The predicted octanol–water partition coefficient (Wildman–Crippen LogP) is 0.527. The molecule has 0 aromatic carbocycles. The summed E-state index contributed by atoms with van der Waals surface area (Å²) in [6.45, 7) is 0. The smallest absolute Gasteiger partial charge is 0.312 e. The molecule has 6 aliphatic carbocycles. The highest BCUT2D eigenvalue weighted by atomic mass is 16.5. The fourth-order valence-corrected chi connectivity index (χ4v) is 6.02. The van der Waals surface area contributed by atoms with Crippen LogP contribution in [-0.2, 0) is 9.53 Å². The van der Waals surface area contributed by atoms with E-state index in [0.717, 1.165) is 41.4 Å². The molecule has 6 saturated carbocycles. The molecule has 12 heavy (non-hydrogen) atoms. The Morgan fingerprint density at radius 1 is 1.08 bits per heavy atom. The van der Waals surface area contributed by atoms with Crippen LogP contribution in [0, 0.1) is 46.8 Å². The Hall–Kier alpha value is -0.530. The zero-order valence-corrected chi connectivity index (χ0v) is 6.86. The normalized spacial score (nSPS) is 81.6. The van der Waals surface area contributed by atoms with Crippen LogP contribution in [0.1, 0.15) is 0 Å². The second-order valence-electron chi connectivity index (χ2n) is 5.31. The van der Waals surface area contributed by atoms with E-state index < -0.39 is 0 Å². The van der Waals surface area contributed by atoms with Crippen molar-refractivity contribution in [3.05, 3.63) is 0 Å². The van der Waals surface area contributed by atoms with E-state index in [2.05, 4.69) is 0 Å². The second-order valence-corrected chi connectivity index (χ2v) is 5.31. The van der Waals surface area contributed by atoms with E-state index in [4.69, 9.17) is 4.74 Å². The molecule has 2 heteroatoms. The van der Waals surface area contributed by atoms with Crippen LogP contribution in [0.3, 0.4) is 0 Å². The van der Waals surface area contributed by atoms with Crippen LogP contribution < -0.4 is 0 Å². The molecule has 6 rings (SSSR count). The number of rotatable bonds is 1. The summed E-state index contributed by atoms with van der Waals surface area (Å²) < 4.78 is 4.92. The monoisotopic (exact) mass is 162 g/mol. The van der Waals surface area contributed by atoms with E-state index >= 15 is 0 Å². The number of carbonyl (C=O) groups excluding carboxylic acids is 1. The maximum Gasteiger partial charge on any atom is 0.312 e. The van der Waals surface area contributed by atoms with Crippen molar-refractivity contribution in [3.8, 4) is 0 Å². The lowest BCUT2D eigenvalue weighted by molar-refractivity contribution is -0.598. The minimum absolute atomic E-state index is 0.115. The Balaban J connectivity index is 1.67. The van der Waals surface area contributed by atoms with Crippen molar-refractivity contribution in [2.75, 3.05) is 7.11 Å². The van der Waals surface area contributed by atoms with Crippen LogP contribution in [-0.4, -0.2) is 13.1 Å². The third-order valence-corrected chi connectivity index (χ3v) is 6.02. The van der Waals surface area contributed by atoms with Crippen molar-refractivity contribution < 1.29 is 9.53 Å². The molecule has 0 atom stereocenters. The van der Waals surface area contributed by atoms with Gasteiger partial charge >= 0.3 is 5.97 Å². The zero-order valence-electron chi connectivity index (χ0n) is 6.86. The summed E-state index contributed by atoms with van der Waals surface area (Å²) in [4.78, 5) is 11.6. The van der Waals surface area contributed by atoms with Crippen molar-refractivity contribution in [3.63, 3.8) is 0 Å².